The van der Waals surface area contributed by atoms with E-state index in [1.54, 1.807) is 0 Å². The number of rotatable bonds is 2. The van der Waals surface area contributed by atoms with Crippen molar-refractivity contribution in [1.29, 1.82) is 0 Å². The van der Waals surface area contributed by atoms with Crippen LogP contribution in [-0.4, -0.2) is 29.9 Å². The molecule has 1 heterocycles. The molecule has 26 heavy (non-hydrogen) atoms. The van der Waals surface area contributed by atoms with Crippen molar-refractivity contribution in [1.82, 2.24) is 5.32 Å². The number of amides is 1. The highest BCUT2D eigenvalue weighted by Crippen LogP contribution is 2.59. The van der Waals surface area contributed by atoms with Gasteiger partial charge in [-0.25, -0.2) is 0 Å². The number of hydrogen-bond acceptors (Lipinski definition) is 3. The highest BCUT2D eigenvalue weighted by atomic mass is 16.5. The number of hydrogen-bond donors (Lipinski definition) is 1. The smallest absolute Gasteiger partial charge is 0.221 e. The molecule has 146 valence electrons. The molecule has 4 fully saturated rings. The SMILES string of the molecule is CC(C)O[C@H]1CC[C@@]2(C)[C@@H](CC[C@@H]3[C@@H]2NC(=O)C[C@]2(C)C(=O)CC[C@@H]32)C1. The zero-order chi connectivity index (χ0) is 18.7. The summed E-state index contributed by atoms with van der Waals surface area (Å²) in [6.07, 6.45) is 8.37. The lowest BCUT2D eigenvalue weighted by Gasteiger charge is -2.56. The van der Waals surface area contributed by atoms with E-state index < -0.39 is 5.41 Å². The minimum Gasteiger partial charge on any atom is -0.376 e. The predicted octanol–water partition coefficient (Wildman–Crippen LogP) is 3.87. The van der Waals surface area contributed by atoms with E-state index in [9.17, 15) is 9.59 Å². The monoisotopic (exact) mass is 361 g/mol. The number of carbonyl (C=O) groups is 2. The van der Waals surface area contributed by atoms with Gasteiger partial charge in [-0.1, -0.05) is 13.8 Å². The van der Waals surface area contributed by atoms with Gasteiger partial charge in [-0.2, -0.15) is 0 Å². The lowest BCUT2D eigenvalue weighted by Crippen LogP contribution is -2.59. The van der Waals surface area contributed by atoms with E-state index in [2.05, 4.69) is 33.0 Å². The maximum Gasteiger partial charge on any atom is 0.221 e. The first kappa shape index (κ1) is 18.5. The number of ether oxygens (including phenoxy) is 1. The van der Waals surface area contributed by atoms with Crippen LogP contribution >= 0.6 is 0 Å². The molecular formula is C22H35NO3. The van der Waals surface area contributed by atoms with Crippen molar-refractivity contribution in [3.8, 4) is 0 Å². The third kappa shape index (κ3) is 2.75. The summed E-state index contributed by atoms with van der Waals surface area (Å²) in [5, 5.41) is 3.42. The van der Waals surface area contributed by atoms with Crippen molar-refractivity contribution < 1.29 is 14.3 Å². The molecular weight excluding hydrogens is 326 g/mol. The number of fused-ring (bicyclic) bond motifs is 5. The summed E-state index contributed by atoms with van der Waals surface area (Å²) in [4.78, 5) is 25.4. The Hall–Kier alpha value is -0.900. The first-order valence-corrected chi connectivity index (χ1v) is 10.7. The largest absolute Gasteiger partial charge is 0.376 e. The van der Waals surface area contributed by atoms with Crippen LogP contribution in [0.15, 0.2) is 0 Å². The molecule has 4 heteroatoms. The maximum atomic E-state index is 12.8. The number of nitrogens with one attached hydrogen (secondary N) is 1. The molecule has 0 bridgehead atoms. The Kier molecular flexibility index (Phi) is 4.49. The minimum atomic E-state index is -0.426. The Labute approximate surface area is 157 Å². The summed E-state index contributed by atoms with van der Waals surface area (Å²) in [5.74, 6) is 1.87. The van der Waals surface area contributed by atoms with Gasteiger partial charge >= 0.3 is 0 Å². The van der Waals surface area contributed by atoms with Crippen molar-refractivity contribution in [2.45, 2.75) is 97.3 Å². The Bertz CT molecular complexity index is 602. The van der Waals surface area contributed by atoms with Gasteiger partial charge in [-0.15, -0.1) is 0 Å². The topological polar surface area (TPSA) is 55.4 Å². The van der Waals surface area contributed by atoms with Crippen molar-refractivity contribution in [2.24, 2.45) is 28.6 Å². The first-order chi connectivity index (χ1) is 12.2. The van der Waals surface area contributed by atoms with Crippen molar-refractivity contribution in [3.63, 3.8) is 0 Å². The van der Waals surface area contributed by atoms with Crippen molar-refractivity contribution in [2.75, 3.05) is 0 Å². The summed E-state index contributed by atoms with van der Waals surface area (Å²) >= 11 is 0. The second kappa shape index (κ2) is 6.32. The zero-order valence-electron chi connectivity index (χ0n) is 16.8. The molecule has 4 nitrogen and oxygen atoms in total. The van der Waals surface area contributed by atoms with Crippen LogP contribution in [0.4, 0.5) is 0 Å². The third-order valence-electron chi connectivity index (χ3n) is 8.44. The Morgan fingerprint density at radius 1 is 1.12 bits per heavy atom. The number of carbonyl (C=O) groups excluding carboxylic acids is 2. The Balaban J connectivity index is 1.61. The molecule has 1 aliphatic heterocycles. The van der Waals surface area contributed by atoms with Crippen LogP contribution in [0.5, 0.6) is 0 Å². The quantitative estimate of drug-likeness (QED) is 0.812. The van der Waals surface area contributed by atoms with Gasteiger partial charge in [0.25, 0.3) is 0 Å². The summed E-state index contributed by atoms with van der Waals surface area (Å²) in [5.41, 5.74) is -0.281. The Morgan fingerprint density at radius 3 is 2.62 bits per heavy atom. The van der Waals surface area contributed by atoms with Crippen LogP contribution in [0.3, 0.4) is 0 Å². The fraction of sp³-hybridized carbons (Fsp3) is 0.909. The summed E-state index contributed by atoms with van der Waals surface area (Å²) in [7, 11) is 0. The maximum absolute atomic E-state index is 12.8. The van der Waals surface area contributed by atoms with E-state index >= 15 is 0 Å². The average molecular weight is 362 g/mol. The molecule has 3 saturated carbocycles. The van der Waals surface area contributed by atoms with Gasteiger partial charge in [0.2, 0.25) is 5.91 Å². The van der Waals surface area contributed by atoms with Crippen molar-refractivity contribution in [3.05, 3.63) is 0 Å². The summed E-state index contributed by atoms with van der Waals surface area (Å²) < 4.78 is 6.13. The average Bonchev–Trinajstić information content (AvgIpc) is 2.77. The standard InChI is InChI=1S/C22H35NO3/c1-13(2)26-15-9-10-21(3)14(11-15)5-6-16-17-7-8-18(24)22(17,4)12-19(25)23-20(16)21/h13-17,20H,5-12H2,1-4H3,(H,23,25)/t14-,15-,16-,17-,20-,21-,22-/m0/s1. The normalized spacial score (nSPS) is 48.4. The molecule has 0 aromatic rings. The molecule has 0 aromatic carbocycles. The highest BCUT2D eigenvalue weighted by Gasteiger charge is 2.60. The fourth-order valence-electron chi connectivity index (χ4n) is 7.07. The fourth-order valence-corrected chi connectivity index (χ4v) is 7.07. The number of ketones is 1. The van der Waals surface area contributed by atoms with Gasteiger partial charge in [-0.3, -0.25) is 9.59 Å². The van der Waals surface area contributed by atoms with Crippen LogP contribution in [0, 0.1) is 28.6 Å². The van der Waals surface area contributed by atoms with Gasteiger partial charge in [0, 0.05) is 24.3 Å². The van der Waals surface area contributed by atoms with Crippen LogP contribution < -0.4 is 5.32 Å². The van der Waals surface area contributed by atoms with E-state index in [0.717, 1.165) is 32.1 Å². The summed E-state index contributed by atoms with van der Waals surface area (Å²) in [6.45, 7) is 8.71. The molecule has 1 amide bonds. The molecule has 0 spiro atoms. The van der Waals surface area contributed by atoms with E-state index in [-0.39, 0.29) is 23.5 Å². The van der Waals surface area contributed by atoms with Gasteiger partial charge < -0.3 is 10.1 Å². The van der Waals surface area contributed by atoms with Crippen LogP contribution in [0.25, 0.3) is 0 Å². The van der Waals surface area contributed by atoms with Gasteiger partial charge in [0.1, 0.15) is 5.78 Å². The second-order valence-corrected chi connectivity index (χ2v) is 10.2. The second-order valence-electron chi connectivity index (χ2n) is 10.2. The third-order valence-corrected chi connectivity index (χ3v) is 8.44. The van der Waals surface area contributed by atoms with Gasteiger partial charge in [-0.05, 0) is 75.5 Å². The molecule has 1 saturated heterocycles. The van der Waals surface area contributed by atoms with Crippen LogP contribution in [0.2, 0.25) is 0 Å². The van der Waals surface area contributed by atoms with E-state index in [1.165, 1.54) is 6.42 Å². The van der Waals surface area contributed by atoms with Crippen LogP contribution in [-0.2, 0) is 14.3 Å². The molecule has 0 unspecified atom stereocenters. The zero-order valence-corrected chi connectivity index (χ0v) is 16.8. The minimum absolute atomic E-state index is 0.0997. The molecule has 0 radical (unpaired) electrons. The van der Waals surface area contributed by atoms with Gasteiger partial charge in [0.05, 0.1) is 12.2 Å². The molecule has 1 N–H and O–H groups in total. The predicted molar refractivity (Wildman–Crippen MR) is 101 cm³/mol. The van der Waals surface area contributed by atoms with Crippen molar-refractivity contribution >= 4 is 11.7 Å². The molecule has 3 aliphatic carbocycles. The molecule has 7 atom stereocenters. The first-order valence-electron chi connectivity index (χ1n) is 10.7. The molecule has 4 rings (SSSR count). The highest BCUT2D eigenvalue weighted by molar-refractivity contribution is 5.92. The Morgan fingerprint density at radius 2 is 1.88 bits per heavy atom. The molecule has 0 aromatic heterocycles. The van der Waals surface area contributed by atoms with Gasteiger partial charge in [0.15, 0.2) is 0 Å². The number of Topliss-reactive ketones (excluding diaryl/α,β-unsaturated/α-hetero) is 1. The van der Waals surface area contributed by atoms with Crippen LogP contribution in [0.1, 0.15) is 79.1 Å². The van der Waals surface area contributed by atoms with E-state index in [4.69, 9.17) is 4.74 Å². The lowest BCUT2D eigenvalue weighted by atomic mass is 9.52. The molecule has 4 aliphatic rings. The summed E-state index contributed by atoms with van der Waals surface area (Å²) in [6, 6.07) is 0.228. The lowest BCUT2D eigenvalue weighted by molar-refractivity contribution is -0.132. The van der Waals surface area contributed by atoms with E-state index in [0.29, 0.717) is 42.5 Å². The van der Waals surface area contributed by atoms with E-state index in [1.807, 2.05) is 0 Å².